The van der Waals surface area contributed by atoms with Crippen molar-refractivity contribution in [3.63, 3.8) is 0 Å². The van der Waals surface area contributed by atoms with Crippen LogP contribution >= 0.6 is 11.8 Å². The Kier molecular flexibility index (Phi) is 13.3. The van der Waals surface area contributed by atoms with Crippen LogP contribution in [0.25, 0.3) is 0 Å². The van der Waals surface area contributed by atoms with Gasteiger partial charge in [-0.2, -0.15) is 16.8 Å². The normalized spacial score (nSPS) is 21.0. The zero-order valence-corrected chi connectivity index (χ0v) is 34.1. The number of hydrogen-bond donors (Lipinski definition) is 3. The number of carboxylic acid groups (broad SMARTS) is 1. The van der Waals surface area contributed by atoms with Crippen molar-refractivity contribution < 1.29 is 35.8 Å². The Labute approximate surface area is 325 Å². The molecule has 2 aromatic carbocycles. The number of allylic oxidation sites excluding steroid dienone is 6. The minimum absolute atomic E-state index is 0.0120. The number of aliphatic carboxylic acids is 1. The lowest BCUT2D eigenvalue weighted by Crippen LogP contribution is -2.40. The first-order valence-corrected chi connectivity index (χ1v) is 22.9. The smallest absolute Gasteiger partial charge is 0.304 e. The maximum atomic E-state index is 11.6. The molecule has 0 radical (unpaired) electrons. The highest BCUT2D eigenvalue weighted by atomic mass is 32.2. The van der Waals surface area contributed by atoms with E-state index in [9.17, 15) is 35.8 Å². The molecular weight excluding hydrogens is 745 g/mol. The summed E-state index contributed by atoms with van der Waals surface area (Å²) in [5, 5.41) is 9.51. The van der Waals surface area contributed by atoms with E-state index in [1.807, 2.05) is 24.3 Å². The van der Waals surface area contributed by atoms with E-state index in [2.05, 4.69) is 86.1 Å². The molecule has 2 aliphatic heterocycles. The highest BCUT2D eigenvalue weighted by molar-refractivity contribution is 8.03. The van der Waals surface area contributed by atoms with Crippen molar-refractivity contribution in [2.75, 3.05) is 40.1 Å². The van der Waals surface area contributed by atoms with E-state index >= 15 is 0 Å². The average Bonchev–Trinajstić information content (AvgIpc) is 3.44. The molecule has 10 nitrogen and oxygen atoms in total. The number of thioether (sulfide) groups is 1. The van der Waals surface area contributed by atoms with Gasteiger partial charge in [0.1, 0.15) is 0 Å². The molecule has 3 N–H and O–H groups in total. The summed E-state index contributed by atoms with van der Waals surface area (Å²) in [6.45, 7) is 10.1. The van der Waals surface area contributed by atoms with E-state index in [1.54, 1.807) is 11.8 Å². The fourth-order valence-corrected chi connectivity index (χ4v) is 10.4. The fourth-order valence-electron chi connectivity index (χ4n) is 8.11. The number of fused-ring (bicyclic) bond motifs is 2. The maximum absolute atomic E-state index is 11.6. The van der Waals surface area contributed by atoms with Gasteiger partial charge in [0.2, 0.25) is 0 Å². The first-order chi connectivity index (χ1) is 25.4. The van der Waals surface area contributed by atoms with Crippen LogP contribution in [0.2, 0.25) is 0 Å². The summed E-state index contributed by atoms with van der Waals surface area (Å²) in [4.78, 5) is 17.3. The number of hydrogen-bond acceptors (Lipinski definition) is 8. The Hall–Kier alpha value is -3.36. The Bertz CT molecular complexity index is 2050. The first kappa shape index (κ1) is 41.8. The van der Waals surface area contributed by atoms with Crippen molar-refractivity contribution in [3.8, 4) is 0 Å². The molecule has 54 heavy (non-hydrogen) atoms. The van der Waals surface area contributed by atoms with Crippen molar-refractivity contribution >= 4 is 49.3 Å². The van der Waals surface area contributed by atoms with Gasteiger partial charge in [-0.1, -0.05) is 82.3 Å². The van der Waals surface area contributed by atoms with Crippen LogP contribution in [0.4, 0.5) is 11.4 Å². The predicted molar refractivity (Wildman–Crippen MR) is 220 cm³/mol. The molecule has 5 rings (SSSR count). The van der Waals surface area contributed by atoms with Gasteiger partial charge in [-0.15, -0.1) is 11.8 Å². The predicted octanol–water partition coefficient (Wildman–Crippen LogP) is 8.30. The zero-order chi connectivity index (χ0) is 39.3. The number of unbranched alkanes of at least 4 members (excludes halogenated alkanes) is 2. The van der Waals surface area contributed by atoms with E-state index in [4.69, 9.17) is 0 Å². The van der Waals surface area contributed by atoms with Gasteiger partial charge in [0, 0.05) is 51.6 Å². The first-order valence-electron chi connectivity index (χ1n) is 18.7. The second kappa shape index (κ2) is 17.2. The van der Waals surface area contributed by atoms with Gasteiger partial charge in [0.15, 0.2) is 0 Å². The molecule has 0 saturated heterocycles. The highest BCUT2D eigenvalue weighted by Crippen LogP contribution is 2.49. The monoisotopic (exact) mass is 798 g/mol. The maximum Gasteiger partial charge on any atom is 0.304 e. The molecule has 0 saturated carbocycles. The van der Waals surface area contributed by atoms with E-state index in [1.165, 1.54) is 11.1 Å². The van der Waals surface area contributed by atoms with Crippen molar-refractivity contribution in [2.45, 2.75) is 95.9 Å². The third kappa shape index (κ3) is 10.1. The summed E-state index contributed by atoms with van der Waals surface area (Å²) >= 11 is 1.58. The lowest BCUT2D eigenvalue weighted by atomic mass is 9.80. The number of nitrogens with zero attached hydrogens (tertiary/aromatic N) is 2. The molecule has 0 bridgehead atoms. The Morgan fingerprint density at radius 2 is 1.44 bits per heavy atom. The number of carboxylic acids is 1. The van der Waals surface area contributed by atoms with Crippen molar-refractivity contribution in [3.05, 3.63) is 106 Å². The number of anilines is 2. The van der Waals surface area contributed by atoms with Crippen LogP contribution < -0.4 is 9.80 Å². The lowest BCUT2D eigenvalue weighted by Gasteiger charge is -2.33. The van der Waals surface area contributed by atoms with Crippen LogP contribution in [0.15, 0.2) is 94.6 Å². The zero-order valence-electron chi connectivity index (χ0n) is 31.7. The molecule has 1 atom stereocenters. The lowest BCUT2D eigenvalue weighted by molar-refractivity contribution is -0.136. The fraction of sp³-hybridized carbons (Fsp3) is 0.488. The standard InChI is InChI=1S/C41H54N2O8S3/c1-40(2)32-16-5-7-18-34(32)42(25-9-11-28-53(46,47)48)36(40)22-20-30-14-13-15-31(39(30)52-27-24-38(44)45)21-23-37-41(3,4)33-17-6-8-19-35(33)43(37)26-10-12-29-54(49,50)51/h5-8,16-23,36H,9-15,24-29H2,1-4H3,(H,44,45)(H,46,47,48)(H,49,50,51). The Morgan fingerprint density at radius 3 is 2.09 bits per heavy atom. The van der Waals surface area contributed by atoms with E-state index in [0.717, 1.165) is 52.4 Å². The molecule has 1 aliphatic carbocycles. The molecule has 3 aliphatic rings. The topological polar surface area (TPSA) is 153 Å². The van der Waals surface area contributed by atoms with Crippen LogP contribution in [-0.4, -0.2) is 73.4 Å². The highest BCUT2D eigenvalue weighted by Gasteiger charge is 2.43. The molecule has 2 aromatic rings. The van der Waals surface area contributed by atoms with Crippen LogP contribution in [-0.2, 0) is 35.9 Å². The summed E-state index contributed by atoms with van der Waals surface area (Å²) in [5.74, 6) is -0.944. The summed E-state index contributed by atoms with van der Waals surface area (Å²) in [7, 11) is -8.06. The van der Waals surface area contributed by atoms with Gasteiger partial charge in [-0.25, -0.2) is 0 Å². The third-order valence-electron chi connectivity index (χ3n) is 10.8. The number of para-hydroxylation sites is 2. The minimum atomic E-state index is -4.03. The average molecular weight is 799 g/mol. The molecule has 0 aromatic heterocycles. The van der Waals surface area contributed by atoms with Crippen LogP contribution in [0.3, 0.4) is 0 Å². The van der Waals surface area contributed by atoms with E-state index in [-0.39, 0.29) is 34.8 Å². The van der Waals surface area contributed by atoms with Crippen LogP contribution in [0.1, 0.15) is 90.2 Å². The largest absolute Gasteiger partial charge is 0.481 e. The van der Waals surface area contributed by atoms with Gasteiger partial charge < -0.3 is 14.9 Å². The van der Waals surface area contributed by atoms with Crippen LogP contribution in [0.5, 0.6) is 0 Å². The van der Waals surface area contributed by atoms with Gasteiger partial charge in [-0.05, 0) is 85.4 Å². The SMILES string of the molecule is CC1(C)C(=CC=C2CCCC(C=CC3N(CCCCS(=O)(=O)O)c4ccccc4C3(C)C)=C2SCCC(=O)O)N(CCCCS(=O)(=O)O)c2ccccc21. The Morgan fingerprint density at radius 1 is 0.833 bits per heavy atom. The summed E-state index contributed by atoms with van der Waals surface area (Å²) < 4.78 is 64.2. The number of carbonyl (C=O) groups is 1. The minimum Gasteiger partial charge on any atom is -0.481 e. The molecule has 0 spiro atoms. The summed E-state index contributed by atoms with van der Waals surface area (Å²) in [6, 6.07) is 16.6. The molecule has 1 unspecified atom stereocenters. The van der Waals surface area contributed by atoms with Crippen molar-refractivity contribution in [1.82, 2.24) is 0 Å². The van der Waals surface area contributed by atoms with Crippen molar-refractivity contribution in [1.29, 1.82) is 0 Å². The second-order valence-electron chi connectivity index (χ2n) is 15.5. The van der Waals surface area contributed by atoms with Gasteiger partial charge in [0.25, 0.3) is 20.2 Å². The van der Waals surface area contributed by atoms with Gasteiger partial charge in [0.05, 0.1) is 24.0 Å². The summed E-state index contributed by atoms with van der Waals surface area (Å²) in [5.41, 5.74) is 7.46. The molecule has 0 amide bonds. The van der Waals surface area contributed by atoms with Crippen molar-refractivity contribution in [2.24, 2.45) is 0 Å². The molecular formula is C41H54N2O8S3. The summed E-state index contributed by atoms with van der Waals surface area (Å²) in [6.07, 6.45) is 13.4. The van der Waals surface area contributed by atoms with E-state index < -0.39 is 26.2 Å². The third-order valence-corrected chi connectivity index (χ3v) is 13.7. The molecule has 13 heteroatoms. The number of benzene rings is 2. The molecule has 294 valence electrons. The second-order valence-corrected chi connectivity index (χ2v) is 19.7. The van der Waals surface area contributed by atoms with Gasteiger partial charge >= 0.3 is 5.97 Å². The quantitative estimate of drug-likeness (QED) is 0.105. The van der Waals surface area contributed by atoms with Gasteiger partial charge in [-0.3, -0.25) is 13.9 Å². The Balaban J connectivity index is 1.49. The number of rotatable bonds is 17. The molecule has 0 fully saturated rings. The van der Waals surface area contributed by atoms with E-state index in [0.29, 0.717) is 44.5 Å². The van der Waals surface area contributed by atoms with Crippen LogP contribution in [0, 0.1) is 0 Å². The molecule has 2 heterocycles.